The van der Waals surface area contributed by atoms with Crippen molar-refractivity contribution < 1.29 is 24.2 Å². The normalized spacial score (nSPS) is 11.5. The number of thioether (sulfide) groups is 1. The van der Waals surface area contributed by atoms with E-state index in [2.05, 4.69) is 26.1 Å². The molecule has 3 aromatic rings. The molecular weight excluding hydrogens is 496 g/mol. The topological polar surface area (TPSA) is 147 Å². The van der Waals surface area contributed by atoms with Crippen LogP contribution in [0, 0.1) is 6.92 Å². The van der Waals surface area contributed by atoms with E-state index in [0.717, 1.165) is 5.56 Å². The highest BCUT2D eigenvalue weighted by Gasteiger charge is 2.23. The molecule has 11 nitrogen and oxygen atoms in total. The number of methoxy groups -OCH3 is 1. The highest BCUT2D eigenvalue weighted by atomic mass is 32.2. The van der Waals surface area contributed by atoms with Crippen molar-refractivity contribution in [2.75, 3.05) is 30.1 Å². The lowest BCUT2D eigenvalue weighted by Gasteiger charge is -2.17. The van der Waals surface area contributed by atoms with Crippen LogP contribution >= 0.6 is 11.8 Å². The summed E-state index contributed by atoms with van der Waals surface area (Å²) in [7, 11) is 1.54. The summed E-state index contributed by atoms with van der Waals surface area (Å²) in [5.74, 6) is 0.233. The summed E-state index contributed by atoms with van der Waals surface area (Å²) in [6.45, 7) is 5.26. The Balaban J connectivity index is 1.65. The smallest absolute Gasteiger partial charge is 0.251 e. The molecule has 196 valence electrons. The minimum Gasteiger partial charge on any atom is -0.497 e. The summed E-state index contributed by atoms with van der Waals surface area (Å²) < 4.78 is 6.85. The first-order valence-electron chi connectivity index (χ1n) is 11.6. The molecule has 0 saturated carbocycles. The Morgan fingerprint density at radius 1 is 1.11 bits per heavy atom. The number of anilines is 2. The van der Waals surface area contributed by atoms with Crippen molar-refractivity contribution in [3.8, 4) is 5.75 Å². The SMILES string of the molecule is CCn1c(SCC(=O)Nc2ccc(C)c(NC(C)=O)c2)nnc1C(CO)NC(=O)c1ccc(OC)cc1. The Labute approximate surface area is 219 Å². The third-order valence-electron chi connectivity index (χ3n) is 5.38. The van der Waals surface area contributed by atoms with Crippen LogP contribution in [0.15, 0.2) is 47.6 Å². The summed E-state index contributed by atoms with van der Waals surface area (Å²) in [4.78, 5) is 36.6. The van der Waals surface area contributed by atoms with Gasteiger partial charge in [-0.2, -0.15) is 0 Å². The van der Waals surface area contributed by atoms with Crippen molar-refractivity contribution >= 4 is 40.9 Å². The highest BCUT2D eigenvalue weighted by molar-refractivity contribution is 7.99. The fourth-order valence-corrected chi connectivity index (χ4v) is 4.30. The number of nitrogens with one attached hydrogen (secondary N) is 3. The monoisotopic (exact) mass is 526 g/mol. The lowest BCUT2D eigenvalue weighted by Crippen LogP contribution is -2.32. The molecule has 0 saturated heterocycles. The molecule has 3 rings (SSSR count). The second kappa shape index (κ2) is 12.9. The second-order valence-corrected chi connectivity index (χ2v) is 9.01. The van der Waals surface area contributed by atoms with E-state index in [9.17, 15) is 19.5 Å². The molecular formula is C25H30N6O5S. The van der Waals surface area contributed by atoms with E-state index < -0.39 is 6.04 Å². The first kappa shape index (κ1) is 27.7. The Kier molecular flexibility index (Phi) is 9.64. The molecule has 0 aliphatic rings. The molecule has 0 aliphatic carbocycles. The van der Waals surface area contributed by atoms with Gasteiger partial charge in [0.05, 0.1) is 19.5 Å². The predicted octanol–water partition coefficient (Wildman–Crippen LogP) is 2.77. The number of aliphatic hydroxyl groups excluding tert-OH is 1. The molecule has 1 atom stereocenters. The second-order valence-electron chi connectivity index (χ2n) is 8.07. The van der Waals surface area contributed by atoms with E-state index in [0.29, 0.717) is 40.2 Å². The van der Waals surface area contributed by atoms with Gasteiger partial charge >= 0.3 is 0 Å². The van der Waals surface area contributed by atoms with Crippen molar-refractivity contribution in [1.29, 1.82) is 0 Å². The quantitative estimate of drug-likeness (QED) is 0.279. The average Bonchev–Trinajstić information content (AvgIpc) is 3.30. The first-order chi connectivity index (χ1) is 17.7. The molecule has 0 spiro atoms. The van der Waals surface area contributed by atoms with Crippen LogP contribution in [0.1, 0.15) is 41.6 Å². The van der Waals surface area contributed by atoms with E-state index >= 15 is 0 Å². The average molecular weight is 527 g/mol. The molecule has 0 aliphatic heterocycles. The molecule has 2 aromatic carbocycles. The van der Waals surface area contributed by atoms with Gasteiger partial charge in [0.15, 0.2) is 11.0 Å². The van der Waals surface area contributed by atoms with Gasteiger partial charge in [0, 0.05) is 30.4 Å². The van der Waals surface area contributed by atoms with Crippen LogP contribution in [-0.2, 0) is 16.1 Å². The molecule has 1 aromatic heterocycles. The van der Waals surface area contributed by atoms with E-state index in [1.807, 2.05) is 19.9 Å². The van der Waals surface area contributed by atoms with Gasteiger partial charge in [0.2, 0.25) is 11.8 Å². The van der Waals surface area contributed by atoms with E-state index in [-0.39, 0.29) is 30.1 Å². The number of ether oxygens (including phenoxy) is 1. The van der Waals surface area contributed by atoms with E-state index in [1.54, 1.807) is 48.1 Å². The predicted molar refractivity (Wildman–Crippen MR) is 141 cm³/mol. The maximum atomic E-state index is 12.7. The van der Waals surface area contributed by atoms with Crippen LogP contribution in [0.4, 0.5) is 11.4 Å². The van der Waals surface area contributed by atoms with Gasteiger partial charge in [-0.05, 0) is 55.8 Å². The number of aromatic nitrogens is 3. The Hall–Kier alpha value is -3.90. The maximum absolute atomic E-state index is 12.7. The summed E-state index contributed by atoms with van der Waals surface area (Å²) in [6, 6.07) is 11.1. The number of nitrogens with zero attached hydrogens (tertiary/aromatic N) is 3. The minimum absolute atomic E-state index is 0.0590. The fraction of sp³-hybridized carbons (Fsp3) is 0.320. The molecule has 0 radical (unpaired) electrons. The van der Waals surface area contributed by atoms with Gasteiger partial charge in [-0.25, -0.2) is 0 Å². The number of aryl methyl sites for hydroxylation is 1. The molecule has 0 fully saturated rings. The Morgan fingerprint density at radius 3 is 2.46 bits per heavy atom. The number of rotatable bonds is 11. The van der Waals surface area contributed by atoms with Crippen molar-refractivity contribution in [2.45, 2.75) is 38.5 Å². The largest absolute Gasteiger partial charge is 0.497 e. The number of carbonyl (C=O) groups is 3. The van der Waals surface area contributed by atoms with Crippen molar-refractivity contribution in [2.24, 2.45) is 0 Å². The minimum atomic E-state index is -0.787. The third kappa shape index (κ3) is 7.30. The molecule has 12 heteroatoms. The van der Waals surface area contributed by atoms with Crippen molar-refractivity contribution in [3.05, 3.63) is 59.4 Å². The molecule has 1 heterocycles. The zero-order valence-corrected chi connectivity index (χ0v) is 21.9. The zero-order valence-electron chi connectivity index (χ0n) is 21.1. The number of carbonyl (C=O) groups excluding carboxylic acids is 3. The third-order valence-corrected chi connectivity index (χ3v) is 6.34. The summed E-state index contributed by atoms with van der Waals surface area (Å²) >= 11 is 1.18. The van der Waals surface area contributed by atoms with Crippen molar-refractivity contribution in [3.63, 3.8) is 0 Å². The van der Waals surface area contributed by atoms with Gasteiger partial charge in [-0.3, -0.25) is 14.4 Å². The van der Waals surface area contributed by atoms with Gasteiger partial charge < -0.3 is 30.4 Å². The maximum Gasteiger partial charge on any atom is 0.251 e. The van der Waals surface area contributed by atoms with Crippen LogP contribution in [0.5, 0.6) is 5.75 Å². The van der Waals surface area contributed by atoms with Crippen LogP contribution in [-0.4, -0.2) is 57.1 Å². The van der Waals surface area contributed by atoms with Crippen molar-refractivity contribution in [1.82, 2.24) is 20.1 Å². The van der Waals surface area contributed by atoms with Gasteiger partial charge in [0.25, 0.3) is 5.91 Å². The highest BCUT2D eigenvalue weighted by Crippen LogP contribution is 2.23. The van der Waals surface area contributed by atoms with E-state index in [1.165, 1.54) is 18.7 Å². The first-order valence-corrected chi connectivity index (χ1v) is 12.5. The zero-order chi connectivity index (χ0) is 26.9. The fourth-order valence-electron chi connectivity index (χ4n) is 3.49. The van der Waals surface area contributed by atoms with Gasteiger partial charge in [-0.1, -0.05) is 17.8 Å². The molecule has 3 amide bonds. The lowest BCUT2D eigenvalue weighted by molar-refractivity contribution is -0.114. The number of hydrogen-bond donors (Lipinski definition) is 4. The molecule has 1 unspecified atom stereocenters. The van der Waals surface area contributed by atoms with Crippen LogP contribution in [0.3, 0.4) is 0 Å². The number of hydrogen-bond acceptors (Lipinski definition) is 8. The number of aliphatic hydroxyl groups is 1. The molecule has 37 heavy (non-hydrogen) atoms. The summed E-state index contributed by atoms with van der Waals surface area (Å²) in [5.41, 5.74) is 2.47. The summed E-state index contributed by atoms with van der Waals surface area (Å²) in [5, 5.41) is 27.1. The number of benzene rings is 2. The standard InChI is InChI=1S/C25H30N6O5S/c1-5-31-23(21(13-32)28-24(35)17-7-10-19(36-4)11-8-17)29-30-25(31)37-14-22(34)27-18-9-6-15(2)20(12-18)26-16(3)33/h6-12,21,32H,5,13-14H2,1-4H3,(H,26,33)(H,27,34)(H,28,35). The van der Waals surface area contributed by atoms with Gasteiger partial charge in [0.1, 0.15) is 11.8 Å². The Morgan fingerprint density at radius 2 is 1.84 bits per heavy atom. The molecule has 4 N–H and O–H groups in total. The van der Waals surface area contributed by atoms with Crippen LogP contribution < -0.4 is 20.7 Å². The van der Waals surface area contributed by atoms with Crippen LogP contribution in [0.25, 0.3) is 0 Å². The molecule has 0 bridgehead atoms. The number of amides is 3. The lowest BCUT2D eigenvalue weighted by atomic mass is 10.2. The summed E-state index contributed by atoms with van der Waals surface area (Å²) in [6.07, 6.45) is 0. The van der Waals surface area contributed by atoms with E-state index in [4.69, 9.17) is 4.74 Å². The Bertz CT molecular complexity index is 1260. The van der Waals surface area contributed by atoms with Crippen LogP contribution in [0.2, 0.25) is 0 Å². The van der Waals surface area contributed by atoms with Gasteiger partial charge in [-0.15, -0.1) is 10.2 Å².